The molecule has 1 amide bonds. The van der Waals surface area contributed by atoms with Gasteiger partial charge in [0, 0.05) is 15.6 Å². The first-order valence-electron chi connectivity index (χ1n) is 5.92. The summed E-state index contributed by atoms with van der Waals surface area (Å²) < 4.78 is 0. The number of amides is 1. The summed E-state index contributed by atoms with van der Waals surface area (Å²) >= 11 is 22.4. The average Bonchev–Trinajstić information content (AvgIpc) is 2.44. The second-order valence-electron chi connectivity index (χ2n) is 4.20. The van der Waals surface area contributed by atoms with E-state index in [4.69, 9.17) is 47.0 Å². The van der Waals surface area contributed by atoms with E-state index in [1.54, 1.807) is 24.3 Å². The van der Waals surface area contributed by atoms with Gasteiger partial charge in [-0.2, -0.15) is 0 Å². The SMILES string of the molecule is O=C(NC(=S)Nc1cc(Cl)cc(Cl)c1O)c1ccc(Cl)cc1. The molecule has 2 rings (SSSR count). The smallest absolute Gasteiger partial charge is 0.257 e. The minimum Gasteiger partial charge on any atom is -0.504 e. The molecule has 0 saturated heterocycles. The molecular weight excluding hydrogens is 367 g/mol. The molecule has 0 aromatic heterocycles. The Hall–Kier alpha value is -1.53. The third-order valence-corrected chi connectivity index (χ3v) is 3.57. The lowest BCUT2D eigenvalue weighted by atomic mass is 10.2. The van der Waals surface area contributed by atoms with Crippen molar-refractivity contribution in [2.75, 3.05) is 5.32 Å². The summed E-state index contributed by atoms with van der Waals surface area (Å²) in [5.41, 5.74) is 0.584. The Balaban J connectivity index is 2.07. The van der Waals surface area contributed by atoms with Gasteiger partial charge in [0.2, 0.25) is 0 Å². The molecule has 0 radical (unpaired) electrons. The van der Waals surface area contributed by atoms with Gasteiger partial charge in [0.15, 0.2) is 10.9 Å². The zero-order chi connectivity index (χ0) is 16.3. The zero-order valence-electron chi connectivity index (χ0n) is 10.9. The van der Waals surface area contributed by atoms with E-state index >= 15 is 0 Å². The van der Waals surface area contributed by atoms with Gasteiger partial charge < -0.3 is 10.4 Å². The van der Waals surface area contributed by atoms with Crippen molar-refractivity contribution in [3.05, 3.63) is 57.0 Å². The predicted octanol–water partition coefficient (Wildman–Crippen LogP) is 4.48. The Morgan fingerprint density at radius 3 is 2.32 bits per heavy atom. The standard InChI is InChI=1S/C14H9Cl3N2O2S/c15-8-3-1-7(2-4-8)13(21)19-14(22)18-11-6-9(16)5-10(17)12(11)20/h1-6,20H,(H2,18,19,21,22). The molecule has 4 nitrogen and oxygen atoms in total. The van der Waals surface area contributed by atoms with Crippen LogP contribution in [0.2, 0.25) is 15.1 Å². The number of hydrogen-bond donors (Lipinski definition) is 3. The third kappa shape index (κ3) is 4.24. The van der Waals surface area contributed by atoms with E-state index in [1.165, 1.54) is 12.1 Å². The minimum atomic E-state index is -0.415. The Bertz CT molecular complexity index is 736. The number of anilines is 1. The summed E-state index contributed by atoms with van der Waals surface area (Å²) in [6, 6.07) is 9.13. The Labute approximate surface area is 147 Å². The van der Waals surface area contributed by atoms with Gasteiger partial charge in [-0.3, -0.25) is 10.1 Å². The van der Waals surface area contributed by atoms with Gasteiger partial charge in [-0.15, -0.1) is 0 Å². The molecule has 3 N–H and O–H groups in total. The predicted molar refractivity (Wildman–Crippen MR) is 93.3 cm³/mol. The molecule has 2 aromatic carbocycles. The lowest BCUT2D eigenvalue weighted by Crippen LogP contribution is -2.34. The van der Waals surface area contributed by atoms with Gasteiger partial charge in [0.05, 0.1) is 10.7 Å². The van der Waals surface area contributed by atoms with E-state index in [2.05, 4.69) is 10.6 Å². The minimum absolute atomic E-state index is 0.00594. The number of phenols is 1. The monoisotopic (exact) mass is 374 g/mol. The second kappa shape index (κ2) is 7.15. The fraction of sp³-hybridized carbons (Fsp3) is 0. The number of benzene rings is 2. The van der Waals surface area contributed by atoms with E-state index in [1.807, 2.05) is 0 Å². The topological polar surface area (TPSA) is 61.4 Å². The number of aromatic hydroxyl groups is 1. The quantitative estimate of drug-likeness (QED) is 0.535. The van der Waals surface area contributed by atoms with Crippen LogP contribution in [0.4, 0.5) is 5.69 Å². The van der Waals surface area contributed by atoms with Gasteiger partial charge in [0.1, 0.15) is 0 Å². The lowest BCUT2D eigenvalue weighted by Gasteiger charge is -2.12. The highest BCUT2D eigenvalue weighted by Gasteiger charge is 2.12. The third-order valence-electron chi connectivity index (χ3n) is 2.61. The summed E-state index contributed by atoms with van der Waals surface area (Å²) in [6.07, 6.45) is 0. The number of nitrogens with one attached hydrogen (secondary N) is 2. The number of rotatable bonds is 2. The van der Waals surface area contributed by atoms with Gasteiger partial charge in [-0.05, 0) is 48.6 Å². The van der Waals surface area contributed by atoms with Crippen molar-refractivity contribution in [2.24, 2.45) is 0 Å². The van der Waals surface area contributed by atoms with Gasteiger partial charge in [0.25, 0.3) is 5.91 Å². The van der Waals surface area contributed by atoms with Crippen molar-refractivity contribution in [1.29, 1.82) is 0 Å². The van der Waals surface area contributed by atoms with Gasteiger partial charge in [-0.25, -0.2) is 0 Å². The maximum atomic E-state index is 12.0. The normalized spacial score (nSPS) is 10.1. The second-order valence-corrected chi connectivity index (χ2v) is 5.89. The molecule has 0 heterocycles. The maximum absolute atomic E-state index is 12.0. The summed E-state index contributed by atoms with van der Waals surface area (Å²) in [5, 5.41) is 15.8. The van der Waals surface area contributed by atoms with E-state index < -0.39 is 5.91 Å². The fourth-order valence-corrected chi connectivity index (χ4v) is 2.41. The molecule has 0 bridgehead atoms. The largest absolute Gasteiger partial charge is 0.504 e. The van der Waals surface area contributed by atoms with Crippen molar-refractivity contribution in [3.8, 4) is 5.75 Å². The average molecular weight is 376 g/mol. The molecule has 0 saturated carbocycles. The molecule has 0 aliphatic rings. The van der Waals surface area contributed by atoms with Crippen LogP contribution in [0.5, 0.6) is 5.75 Å². The van der Waals surface area contributed by atoms with Crippen LogP contribution >= 0.6 is 47.0 Å². The fourth-order valence-electron chi connectivity index (χ4n) is 1.59. The molecule has 0 fully saturated rings. The Kier molecular flexibility index (Phi) is 5.47. The van der Waals surface area contributed by atoms with Crippen molar-refractivity contribution in [3.63, 3.8) is 0 Å². The van der Waals surface area contributed by atoms with Crippen LogP contribution in [0, 0.1) is 0 Å². The number of carbonyl (C=O) groups is 1. The summed E-state index contributed by atoms with van der Waals surface area (Å²) in [5.74, 6) is -0.629. The van der Waals surface area contributed by atoms with Crippen LogP contribution in [0.3, 0.4) is 0 Å². The van der Waals surface area contributed by atoms with Crippen LogP contribution in [-0.4, -0.2) is 16.1 Å². The molecular formula is C14H9Cl3N2O2S. The molecule has 2 aromatic rings. The van der Waals surface area contributed by atoms with Crippen LogP contribution in [0.25, 0.3) is 0 Å². The number of carbonyl (C=O) groups excluding carboxylic acids is 1. The highest BCUT2D eigenvalue weighted by molar-refractivity contribution is 7.80. The summed E-state index contributed by atoms with van der Waals surface area (Å²) in [7, 11) is 0. The van der Waals surface area contributed by atoms with E-state index in [0.717, 1.165) is 0 Å². The number of thiocarbonyl (C=S) groups is 1. The number of hydrogen-bond acceptors (Lipinski definition) is 3. The van der Waals surface area contributed by atoms with Gasteiger partial charge >= 0.3 is 0 Å². The van der Waals surface area contributed by atoms with Crippen molar-refractivity contribution < 1.29 is 9.90 Å². The van der Waals surface area contributed by atoms with E-state index in [0.29, 0.717) is 15.6 Å². The number of halogens is 3. The first kappa shape index (κ1) is 16.8. The Morgan fingerprint density at radius 1 is 1.05 bits per heavy atom. The molecule has 22 heavy (non-hydrogen) atoms. The summed E-state index contributed by atoms with van der Waals surface area (Å²) in [6.45, 7) is 0. The zero-order valence-corrected chi connectivity index (χ0v) is 13.9. The van der Waals surface area contributed by atoms with Crippen molar-refractivity contribution in [1.82, 2.24) is 5.32 Å². The highest BCUT2D eigenvalue weighted by atomic mass is 35.5. The maximum Gasteiger partial charge on any atom is 0.257 e. The molecule has 0 aliphatic heterocycles. The first-order valence-corrected chi connectivity index (χ1v) is 7.47. The van der Waals surface area contributed by atoms with Crippen molar-refractivity contribution in [2.45, 2.75) is 0 Å². The van der Waals surface area contributed by atoms with E-state index in [9.17, 15) is 9.90 Å². The lowest BCUT2D eigenvalue weighted by molar-refractivity contribution is 0.0977. The van der Waals surface area contributed by atoms with E-state index in [-0.39, 0.29) is 21.6 Å². The number of phenolic OH excluding ortho intramolecular Hbond substituents is 1. The molecule has 0 unspecified atom stereocenters. The Morgan fingerprint density at radius 2 is 1.68 bits per heavy atom. The van der Waals surface area contributed by atoms with Crippen LogP contribution in [-0.2, 0) is 0 Å². The van der Waals surface area contributed by atoms with Gasteiger partial charge in [-0.1, -0.05) is 34.8 Å². The van der Waals surface area contributed by atoms with Crippen LogP contribution in [0.15, 0.2) is 36.4 Å². The molecule has 0 atom stereocenters. The molecule has 114 valence electrons. The van der Waals surface area contributed by atoms with Crippen molar-refractivity contribution >= 4 is 63.7 Å². The molecule has 8 heteroatoms. The highest BCUT2D eigenvalue weighted by Crippen LogP contribution is 2.34. The first-order chi connectivity index (χ1) is 10.4. The van der Waals surface area contributed by atoms with Crippen LogP contribution < -0.4 is 10.6 Å². The molecule has 0 spiro atoms. The molecule has 0 aliphatic carbocycles. The van der Waals surface area contributed by atoms with Crippen LogP contribution in [0.1, 0.15) is 10.4 Å². The summed E-state index contributed by atoms with van der Waals surface area (Å²) in [4.78, 5) is 12.0.